The lowest BCUT2D eigenvalue weighted by atomic mass is 10.2. The molecule has 126 valence electrons. The highest BCUT2D eigenvalue weighted by Crippen LogP contribution is 2.24. The van der Waals surface area contributed by atoms with Crippen LogP contribution in [0.4, 0.5) is 11.4 Å². The van der Waals surface area contributed by atoms with Gasteiger partial charge in [0.25, 0.3) is 5.69 Å². The highest BCUT2D eigenvalue weighted by Gasteiger charge is 2.10. The zero-order chi connectivity index (χ0) is 17.8. The highest BCUT2D eigenvalue weighted by molar-refractivity contribution is 5.82. The molecule has 0 atom stereocenters. The summed E-state index contributed by atoms with van der Waals surface area (Å²) in [5.74, 6) is 0.804. The summed E-state index contributed by atoms with van der Waals surface area (Å²) in [5, 5.41) is 11.0. The fraction of sp³-hybridized carbons (Fsp3) is 0.105. The third kappa shape index (κ3) is 3.74. The topological polar surface area (TPSA) is 69.7 Å². The van der Waals surface area contributed by atoms with Crippen molar-refractivity contribution in [2.24, 2.45) is 4.99 Å². The van der Waals surface area contributed by atoms with Crippen LogP contribution in [-0.2, 0) is 0 Å². The molecule has 3 rings (SSSR count). The molecule has 0 amide bonds. The molecule has 25 heavy (non-hydrogen) atoms. The van der Waals surface area contributed by atoms with E-state index in [1.807, 2.05) is 47.3 Å². The lowest BCUT2D eigenvalue weighted by Gasteiger charge is -2.04. The first-order valence-electron chi connectivity index (χ1n) is 7.68. The Kier molecular flexibility index (Phi) is 4.61. The Morgan fingerprint density at radius 2 is 1.92 bits per heavy atom. The summed E-state index contributed by atoms with van der Waals surface area (Å²) >= 11 is 0. The average Bonchev–Trinajstić information content (AvgIpc) is 3.10. The van der Waals surface area contributed by atoms with Crippen LogP contribution in [0.25, 0.3) is 5.69 Å². The van der Waals surface area contributed by atoms with Gasteiger partial charge in [-0.1, -0.05) is 6.07 Å². The SMILES string of the molecule is COc1ccc(-n2ccc(C=Nc3ccc(C)c([N+](=O)[O-])c3)c2)cc1. The van der Waals surface area contributed by atoms with Crippen LogP contribution in [0.1, 0.15) is 11.1 Å². The first kappa shape index (κ1) is 16.4. The third-order valence-electron chi connectivity index (χ3n) is 3.84. The van der Waals surface area contributed by atoms with Crippen LogP contribution in [0.15, 0.2) is 65.9 Å². The van der Waals surface area contributed by atoms with Gasteiger partial charge in [-0.2, -0.15) is 0 Å². The van der Waals surface area contributed by atoms with E-state index in [0.717, 1.165) is 17.0 Å². The number of nitrogens with zero attached hydrogens (tertiary/aromatic N) is 3. The largest absolute Gasteiger partial charge is 0.497 e. The maximum atomic E-state index is 11.0. The van der Waals surface area contributed by atoms with E-state index >= 15 is 0 Å². The van der Waals surface area contributed by atoms with Gasteiger partial charge in [-0.25, -0.2) is 0 Å². The summed E-state index contributed by atoms with van der Waals surface area (Å²) in [5.41, 5.74) is 3.15. The standard InChI is InChI=1S/C19H17N3O3/c1-14-3-4-16(11-19(14)22(23)24)20-12-15-9-10-21(13-15)17-5-7-18(25-2)8-6-17/h3-13H,1-2H3. The van der Waals surface area contributed by atoms with Crippen molar-refractivity contribution < 1.29 is 9.66 Å². The minimum Gasteiger partial charge on any atom is -0.497 e. The second kappa shape index (κ2) is 7.00. The second-order valence-corrected chi connectivity index (χ2v) is 5.54. The number of hydrogen-bond donors (Lipinski definition) is 0. The van der Waals surface area contributed by atoms with Crippen LogP contribution in [0.5, 0.6) is 5.75 Å². The molecule has 6 heteroatoms. The minimum absolute atomic E-state index is 0.0745. The number of nitro benzene ring substituents is 1. The summed E-state index contributed by atoms with van der Waals surface area (Å²) in [6.07, 6.45) is 5.56. The molecule has 0 aliphatic heterocycles. The molecule has 0 saturated carbocycles. The van der Waals surface area contributed by atoms with E-state index in [4.69, 9.17) is 4.74 Å². The number of aryl methyl sites for hydroxylation is 1. The smallest absolute Gasteiger partial charge is 0.274 e. The minimum atomic E-state index is -0.394. The van der Waals surface area contributed by atoms with Gasteiger partial charge in [0.05, 0.1) is 17.7 Å². The molecule has 0 aliphatic rings. The Balaban J connectivity index is 1.80. The van der Waals surface area contributed by atoms with Crippen LogP contribution in [-0.4, -0.2) is 22.8 Å². The highest BCUT2D eigenvalue weighted by atomic mass is 16.6. The zero-order valence-electron chi connectivity index (χ0n) is 13.9. The number of nitro groups is 1. The predicted molar refractivity (Wildman–Crippen MR) is 97.4 cm³/mol. The van der Waals surface area contributed by atoms with E-state index in [9.17, 15) is 10.1 Å². The van der Waals surface area contributed by atoms with Crippen molar-refractivity contribution in [1.82, 2.24) is 4.57 Å². The number of aromatic nitrogens is 1. The fourth-order valence-electron chi connectivity index (χ4n) is 2.43. The predicted octanol–water partition coefficient (Wildman–Crippen LogP) is 4.45. The van der Waals surface area contributed by atoms with Gasteiger partial charge in [0, 0.05) is 41.5 Å². The molecule has 0 bridgehead atoms. The lowest BCUT2D eigenvalue weighted by Crippen LogP contribution is -1.91. The summed E-state index contributed by atoms with van der Waals surface area (Å²) in [6.45, 7) is 1.71. The van der Waals surface area contributed by atoms with Crippen molar-refractivity contribution >= 4 is 17.6 Å². The maximum absolute atomic E-state index is 11.0. The Morgan fingerprint density at radius 1 is 1.16 bits per heavy atom. The molecule has 1 heterocycles. The number of rotatable bonds is 5. The second-order valence-electron chi connectivity index (χ2n) is 5.54. The Hall–Kier alpha value is -3.41. The third-order valence-corrected chi connectivity index (χ3v) is 3.84. The van der Waals surface area contributed by atoms with Crippen molar-refractivity contribution in [1.29, 1.82) is 0 Å². The molecule has 0 N–H and O–H groups in total. The van der Waals surface area contributed by atoms with Crippen molar-refractivity contribution in [3.63, 3.8) is 0 Å². The number of ether oxygens (including phenoxy) is 1. The molecule has 1 aromatic heterocycles. The van der Waals surface area contributed by atoms with Gasteiger partial charge >= 0.3 is 0 Å². The molecule has 0 unspecified atom stereocenters. The van der Waals surface area contributed by atoms with E-state index in [1.165, 1.54) is 6.07 Å². The summed E-state index contributed by atoms with van der Waals surface area (Å²) < 4.78 is 7.12. The Bertz CT molecular complexity index is 927. The number of aliphatic imine (C=N–C) groups is 1. The normalized spacial score (nSPS) is 11.0. The van der Waals surface area contributed by atoms with E-state index in [-0.39, 0.29) is 5.69 Å². The molecule has 0 saturated heterocycles. The van der Waals surface area contributed by atoms with Gasteiger partial charge in [-0.3, -0.25) is 15.1 Å². The van der Waals surface area contributed by atoms with Crippen LogP contribution in [0.3, 0.4) is 0 Å². The first-order chi connectivity index (χ1) is 12.1. The first-order valence-corrected chi connectivity index (χ1v) is 7.68. The van der Waals surface area contributed by atoms with Crippen LogP contribution in [0.2, 0.25) is 0 Å². The molecular weight excluding hydrogens is 318 g/mol. The fourth-order valence-corrected chi connectivity index (χ4v) is 2.43. The van der Waals surface area contributed by atoms with Gasteiger partial charge < -0.3 is 9.30 Å². The molecule has 0 radical (unpaired) electrons. The molecule has 0 spiro atoms. The molecule has 2 aromatic carbocycles. The van der Waals surface area contributed by atoms with Crippen LogP contribution < -0.4 is 4.74 Å². The zero-order valence-corrected chi connectivity index (χ0v) is 13.9. The van der Waals surface area contributed by atoms with Crippen molar-refractivity contribution in [3.8, 4) is 11.4 Å². The Morgan fingerprint density at radius 3 is 2.60 bits per heavy atom. The number of hydrogen-bond acceptors (Lipinski definition) is 4. The van der Waals surface area contributed by atoms with Gasteiger partial charge in [0.2, 0.25) is 0 Å². The summed E-state index contributed by atoms with van der Waals surface area (Å²) in [4.78, 5) is 14.9. The van der Waals surface area contributed by atoms with Gasteiger partial charge in [-0.05, 0) is 43.3 Å². The maximum Gasteiger partial charge on any atom is 0.274 e. The summed E-state index contributed by atoms with van der Waals surface area (Å²) in [7, 11) is 1.63. The van der Waals surface area contributed by atoms with Gasteiger partial charge in [0.1, 0.15) is 5.75 Å². The van der Waals surface area contributed by atoms with Gasteiger partial charge in [-0.15, -0.1) is 0 Å². The van der Waals surface area contributed by atoms with Crippen molar-refractivity contribution in [2.75, 3.05) is 7.11 Å². The monoisotopic (exact) mass is 335 g/mol. The van der Waals surface area contributed by atoms with Crippen LogP contribution >= 0.6 is 0 Å². The average molecular weight is 335 g/mol. The molecule has 0 aliphatic carbocycles. The number of methoxy groups -OCH3 is 1. The quantitative estimate of drug-likeness (QED) is 0.393. The van der Waals surface area contributed by atoms with Crippen LogP contribution in [0, 0.1) is 17.0 Å². The number of benzene rings is 2. The summed E-state index contributed by atoms with van der Waals surface area (Å²) in [6, 6.07) is 14.6. The van der Waals surface area contributed by atoms with Crippen molar-refractivity contribution in [2.45, 2.75) is 6.92 Å². The van der Waals surface area contributed by atoms with E-state index in [2.05, 4.69) is 4.99 Å². The van der Waals surface area contributed by atoms with E-state index in [0.29, 0.717) is 11.3 Å². The molecule has 6 nitrogen and oxygen atoms in total. The van der Waals surface area contributed by atoms with E-state index in [1.54, 1.807) is 32.4 Å². The van der Waals surface area contributed by atoms with E-state index < -0.39 is 4.92 Å². The molecule has 0 fully saturated rings. The van der Waals surface area contributed by atoms with Gasteiger partial charge in [0.15, 0.2) is 0 Å². The lowest BCUT2D eigenvalue weighted by molar-refractivity contribution is -0.385. The Labute approximate surface area is 145 Å². The van der Waals surface area contributed by atoms with Crippen molar-refractivity contribution in [3.05, 3.63) is 82.2 Å². The molecular formula is C19H17N3O3. The molecule has 3 aromatic rings.